The van der Waals surface area contributed by atoms with E-state index in [0.29, 0.717) is 5.57 Å². The third-order valence-electron chi connectivity index (χ3n) is 2.52. The Balaban J connectivity index is 2.73. The highest BCUT2D eigenvalue weighted by molar-refractivity contribution is 5.93. The molecule has 2 aromatic rings. The van der Waals surface area contributed by atoms with E-state index in [1.807, 2.05) is 37.4 Å². The summed E-state index contributed by atoms with van der Waals surface area (Å²) in [6, 6.07) is 3.83. The van der Waals surface area contributed by atoms with Gasteiger partial charge in [-0.05, 0) is 31.6 Å². The number of hydrogen-bond donors (Lipinski definition) is 0. The summed E-state index contributed by atoms with van der Waals surface area (Å²) < 4.78 is 1.74. The minimum atomic E-state index is 0.657. The highest BCUT2D eigenvalue weighted by atomic mass is 16.1. The quantitative estimate of drug-likeness (QED) is 0.459. The van der Waals surface area contributed by atoms with E-state index in [0.717, 1.165) is 23.1 Å². The van der Waals surface area contributed by atoms with Crippen molar-refractivity contribution in [2.45, 2.75) is 13.8 Å². The molecular weight excluding hydrogens is 214 g/mol. The zero-order valence-electron chi connectivity index (χ0n) is 9.79. The van der Waals surface area contributed by atoms with Crippen molar-refractivity contribution in [2.24, 2.45) is 0 Å². The van der Waals surface area contributed by atoms with Gasteiger partial charge in [0.1, 0.15) is 12.6 Å². The Morgan fingerprint density at radius 2 is 2.29 bits per heavy atom. The van der Waals surface area contributed by atoms with Gasteiger partial charge in [0.05, 0.1) is 11.2 Å². The van der Waals surface area contributed by atoms with Crippen LogP contribution in [-0.2, 0) is 4.79 Å². The summed E-state index contributed by atoms with van der Waals surface area (Å²) in [7, 11) is 0. The van der Waals surface area contributed by atoms with Gasteiger partial charge in [0, 0.05) is 11.8 Å². The smallest absolute Gasteiger partial charge is 0.146 e. The lowest BCUT2D eigenvalue weighted by Crippen LogP contribution is -1.99. The van der Waals surface area contributed by atoms with E-state index in [4.69, 9.17) is 0 Å². The average molecular weight is 227 g/mol. The van der Waals surface area contributed by atoms with Crippen LogP contribution in [0.15, 0.2) is 42.4 Å². The van der Waals surface area contributed by atoms with Crippen LogP contribution < -0.4 is 0 Å². The van der Waals surface area contributed by atoms with E-state index < -0.39 is 0 Å². The molecule has 0 fully saturated rings. The van der Waals surface area contributed by atoms with Crippen LogP contribution >= 0.6 is 0 Å². The first-order valence-corrected chi connectivity index (χ1v) is 5.35. The largest absolute Gasteiger partial charge is 0.298 e. The van der Waals surface area contributed by atoms with Crippen LogP contribution in [0.5, 0.6) is 0 Å². The lowest BCUT2D eigenvalue weighted by molar-refractivity contribution is -0.104. The van der Waals surface area contributed by atoms with E-state index in [9.17, 15) is 4.79 Å². The van der Waals surface area contributed by atoms with E-state index in [1.165, 1.54) is 6.33 Å². The monoisotopic (exact) mass is 227 g/mol. The number of allylic oxidation sites excluding steroid dienone is 4. The Kier molecular flexibility index (Phi) is 3.14. The first-order valence-electron chi connectivity index (χ1n) is 5.35. The van der Waals surface area contributed by atoms with Crippen LogP contribution in [0.4, 0.5) is 0 Å². The molecule has 0 spiro atoms. The van der Waals surface area contributed by atoms with E-state index in [2.05, 4.69) is 10.1 Å². The first-order chi connectivity index (χ1) is 8.27. The number of fused-ring (bicyclic) bond motifs is 1. The van der Waals surface area contributed by atoms with Crippen molar-refractivity contribution in [3.05, 3.63) is 48.1 Å². The molecule has 0 amide bonds. The molecule has 17 heavy (non-hydrogen) atoms. The normalized spacial score (nSPS) is 13.1. The number of carbonyl (C=O) groups excluding carboxylic acids is 1. The van der Waals surface area contributed by atoms with Gasteiger partial charge in [-0.3, -0.25) is 4.79 Å². The molecule has 0 N–H and O–H groups in total. The van der Waals surface area contributed by atoms with Gasteiger partial charge in [-0.25, -0.2) is 9.50 Å². The maximum absolute atomic E-state index is 10.9. The summed E-state index contributed by atoms with van der Waals surface area (Å²) in [5.41, 5.74) is 3.15. The van der Waals surface area contributed by atoms with Gasteiger partial charge in [-0.2, -0.15) is 5.10 Å². The molecule has 0 saturated heterocycles. The fraction of sp³-hybridized carbons (Fsp3) is 0.154. The van der Waals surface area contributed by atoms with E-state index >= 15 is 0 Å². The van der Waals surface area contributed by atoms with Crippen LogP contribution in [-0.4, -0.2) is 20.9 Å². The maximum Gasteiger partial charge on any atom is 0.146 e. The van der Waals surface area contributed by atoms with Crippen LogP contribution in [0.3, 0.4) is 0 Å². The van der Waals surface area contributed by atoms with Gasteiger partial charge in [-0.1, -0.05) is 12.2 Å². The van der Waals surface area contributed by atoms with Crippen molar-refractivity contribution >= 4 is 17.4 Å². The Hall–Kier alpha value is -2.23. The predicted octanol–water partition coefficient (Wildman–Crippen LogP) is 2.28. The summed E-state index contributed by atoms with van der Waals surface area (Å²) in [6.07, 6.45) is 7.97. The molecule has 86 valence electrons. The molecule has 2 aromatic heterocycles. The van der Waals surface area contributed by atoms with Crippen molar-refractivity contribution < 1.29 is 4.79 Å². The third-order valence-corrected chi connectivity index (χ3v) is 2.52. The van der Waals surface area contributed by atoms with Crippen molar-refractivity contribution in [1.29, 1.82) is 0 Å². The molecule has 4 heteroatoms. The highest BCUT2D eigenvalue weighted by Gasteiger charge is 2.09. The fourth-order valence-electron chi connectivity index (χ4n) is 1.70. The molecule has 0 aliphatic heterocycles. The van der Waals surface area contributed by atoms with Gasteiger partial charge in [0.15, 0.2) is 0 Å². The predicted molar refractivity (Wildman–Crippen MR) is 66.5 cm³/mol. The molecule has 0 aliphatic rings. The van der Waals surface area contributed by atoms with Crippen LogP contribution in [0.25, 0.3) is 11.1 Å². The van der Waals surface area contributed by atoms with Gasteiger partial charge in [-0.15, -0.1) is 0 Å². The van der Waals surface area contributed by atoms with Gasteiger partial charge in [0.2, 0.25) is 0 Å². The SMILES string of the molecule is CC=CC(=C(C)C=O)c1ncnn2cccc12. The second kappa shape index (κ2) is 4.74. The van der Waals surface area contributed by atoms with Gasteiger partial charge in [0.25, 0.3) is 0 Å². The van der Waals surface area contributed by atoms with Crippen LogP contribution in [0, 0.1) is 0 Å². The topological polar surface area (TPSA) is 47.3 Å². The average Bonchev–Trinajstić information content (AvgIpc) is 2.83. The molecule has 0 saturated carbocycles. The lowest BCUT2D eigenvalue weighted by atomic mass is 10.1. The third kappa shape index (κ3) is 2.01. The first kappa shape index (κ1) is 11.3. The van der Waals surface area contributed by atoms with Crippen molar-refractivity contribution in [2.75, 3.05) is 0 Å². The zero-order chi connectivity index (χ0) is 12.3. The van der Waals surface area contributed by atoms with Crippen LogP contribution in [0.2, 0.25) is 0 Å². The Labute approximate surface area is 99.3 Å². The molecule has 0 aliphatic carbocycles. The number of aldehydes is 1. The molecular formula is C13H13N3O. The second-order valence-electron chi connectivity index (χ2n) is 3.66. The standard InChI is InChI=1S/C13H13N3O/c1-3-5-11(10(2)8-17)13-12-6-4-7-16(12)15-9-14-13/h3-9H,1-2H3. The molecule has 0 radical (unpaired) electrons. The van der Waals surface area contributed by atoms with Crippen LogP contribution in [0.1, 0.15) is 19.5 Å². The highest BCUT2D eigenvalue weighted by Crippen LogP contribution is 2.21. The molecule has 0 unspecified atom stereocenters. The lowest BCUT2D eigenvalue weighted by Gasteiger charge is -2.05. The minimum Gasteiger partial charge on any atom is -0.298 e. The van der Waals surface area contributed by atoms with Crippen molar-refractivity contribution in [3.8, 4) is 0 Å². The number of carbonyl (C=O) groups is 1. The number of rotatable bonds is 3. The van der Waals surface area contributed by atoms with Crippen molar-refractivity contribution in [1.82, 2.24) is 14.6 Å². The molecule has 0 aromatic carbocycles. The number of hydrogen-bond acceptors (Lipinski definition) is 3. The Morgan fingerprint density at radius 3 is 3.00 bits per heavy atom. The minimum absolute atomic E-state index is 0.657. The maximum atomic E-state index is 10.9. The molecule has 2 heterocycles. The van der Waals surface area contributed by atoms with Gasteiger partial charge >= 0.3 is 0 Å². The van der Waals surface area contributed by atoms with Crippen molar-refractivity contribution in [3.63, 3.8) is 0 Å². The molecule has 0 bridgehead atoms. The fourth-order valence-corrected chi connectivity index (χ4v) is 1.70. The zero-order valence-corrected chi connectivity index (χ0v) is 9.79. The Morgan fingerprint density at radius 1 is 1.47 bits per heavy atom. The molecule has 4 nitrogen and oxygen atoms in total. The summed E-state index contributed by atoms with van der Waals surface area (Å²) in [4.78, 5) is 15.2. The summed E-state index contributed by atoms with van der Waals surface area (Å²) in [5, 5.41) is 4.10. The molecule has 2 rings (SSSR count). The van der Waals surface area contributed by atoms with E-state index in [-0.39, 0.29) is 0 Å². The summed E-state index contributed by atoms with van der Waals surface area (Å²) in [6.45, 7) is 3.69. The number of nitrogens with zero attached hydrogens (tertiary/aromatic N) is 3. The Bertz CT molecular complexity index is 608. The van der Waals surface area contributed by atoms with E-state index in [1.54, 1.807) is 11.4 Å². The summed E-state index contributed by atoms with van der Waals surface area (Å²) in [5.74, 6) is 0. The van der Waals surface area contributed by atoms with Gasteiger partial charge < -0.3 is 0 Å². The molecule has 0 atom stereocenters. The second-order valence-corrected chi connectivity index (χ2v) is 3.66. The summed E-state index contributed by atoms with van der Waals surface area (Å²) >= 11 is 0. The number of aromatic nitrogens is 3.